The molecule has 1 heterocycles. The molecule has 0 N–H and O–H groups in total. The molecule has 146 valence electrons. The Labute approximate surface area is 160 Å². The van der Waals surface area contributed by atoms with E-state index in [0.29, 0.717) is 0 Å². The number of thioether (sulfide) groups is 1. The van der Waals surface area contributed by atoms with Crippen LogP contribution in [0.1, 0.15) is 111 Å². The smallest absolute Gasteiger partial charge is 0.335 e. The van der Waals surface area contributed by atoms with Crippen molar-refractivity contribution in [3.05, 3.63) is 11.1 Å². The van der Waals surface area contributed by atoms with Crippen molar-refractivity contribution in [3.63, 3.8) is 0 Å². The molecule has 0 aliphatic carbocycles. The van der Waals surface area contributed by atoms with Gasteiger partial charge in [-0.25, -0.2) is 4.79 Å². The summed E-state index contributed by atoms with van der Waals surface area (Å²) in [6.07, 6.45) is 17.7. The molecule has 1 aliphatic heterocycles. The molecule has 0 saturated carbocycles. The van der Waals surface area contributed by atoms with Crippen molar-refractivity contribution < 1.29 is 9.53 Å². The van der Waals surface area contributed by atoms with Crippen LogP contribution in [0.25, 0.3) is 0 Å². The molecule has 1 atom stereocenters. The summed E-state index contributed by atoms with van der Waals surface area (Å²) in [5.41, 5.74) is 2.27. The third-order valence-corrected chi connectivity index (χ3v) is 6.13. The molecular weight excluding hydrogens is 328 g/mol. The van der Waals surface area contributed by atoms with Gasteiger partial charge in [0.15, 0.2) is 5.44 Å². The van der Waals surface area contributed by atoms with E-state index in [4.69, 9.17) is 4.74 Å². The first-order chi connectivity index (χ1) is 12.2. The number of unbranched alkanes of at least 4 members (excludes halogenated alkanes) is 9. The largest absolute Gasteiger partial charge is 0.443 e. The van der Waals surface area contributed by atoms with Crippen LogP contribution in [0.2, 0.25) is 0 Å². The average molecular weight is 369 g/mol. The Morgan fingerprint density at radius 2 is 1.32 bits per heavy atom. The van der Waals surface area contributed by atoms with Gasteiger partial charge in [-0.2, -0.15) is 0 Å². The molecule has 1 unspecified atom stereocenters. The van der Waals surface area contributed by atoms with E-state index in [1.807, 2.05) is 11.8 Å². The Kier molecular flexibility index (Phi) is 13.3. The highest BCUT2D eigenvalue weighted by atomic mass is 32.2. The van der Waals surface area contributed by atoms with Gasteiger partial charge in [0.2, 0.25) is 0 Å². The van der Waals surface area contributed by atoms with Crippen LogP contribution in [0.4, 0.5) is 0 Å². The van der Waals surface area contributed by atoms with Crippen LogP contribution in [0.5, 0.6) is 0 Å². The van der Waals surface area contributed by atoms with Crippen LogP contribution in [0, 0.1) is 0 Å². The van der Waals surface area contributed by atoms with Gasteiger partial charge in [0.25, 0.3) is 0 Å². The first-order valence-electron chi connectivity index (χ1n) is 10.8. The lowest BCUT2D eigenvalue weighted by Gasteiger charge is -2.13. The van der Waals surface area contributed by atoms with Crippen LogP contribution in [-0.2, 0) is 9.53 Å². The first kappa shape index (κ1) is 22.6. The van der Waals surface area contributed by atoms with Crippen LogP contribution >= 0.6 is 11.8 Å². The fourth-order valence-electron chi connectivity index (χ4n) is 3.48. The molecule has 25 heavy (non-hydrogen) atoms. The third-order valence-electron chi connectivity index (χ3n) is 4.92. The van der Waals surface area contributed by atoms with Crippen molar-refractivity contribution in [3.8, 4) is 0 Å². The zero-order valence-electron chi connectivity index (χ0n) is 16.9. The van der Waals surface area contributed by atoms with Crippen LogP contribution in [-0.4, -0.2) is 17.2 Å². The van der Waals surface area contributed by atoms with Crippen molar-refractivity contribution in [2.24, 2.45) is 0 Å². The summed E-state index contributed by atoms with van der Waals surface area (Å²) in [4.78, 5) is 12.1. The van der Waals surface area contributed by atoms with E-state index in [1.54, 1.807) is 0 Å². The number of carbonyl (C=O) groups excluding carboxylic acids is 1. The summed E-state index contributed by atoms with van der Waals surface area (Å²) in [7, 11) is 0. The van der Waals surface area contributed by atoms with E-state index >= 15 is 0 Å². The molecule has 0 spiro atoms. The summed E-state index contributed by atoms with van der Waals surface area (Å²) in [6, 6.07) is 0. The maximum atomic E-state index is 12.1. The molecule has 0 radical (unpaired) electrons. The number of rotatable bonds is 16. The number of hydrogen-bond donors (Lipinski definition) is 0. The van der Waals surface area contributed by atoms with Gasteiger partial charge < -0.3 is 4.74 Å². The van der Waals surface area contributed by atoms with Crippen molar-refractivity contribution in [2.45, 2.75) is 116 Å². The predicted molar refractivity (Wildman–Crippen MR) is 111 cm³/mol. The van der Waals surface area contributed by atoms with Crippen LogP contribution in [0.3, 0.4) is 0 Å². The van der Waals surface area contributed by atoms with Gasteiger partial charge in [-0.15, -0.1) is 11.8 Å². The Bertz CT molecular complexity index is 389. The second-order valence-electron chi connectivity index (χ2n) is 7.29. The van der Waals surface area contributed by atoms with Crippen molar-refractivity contribution in [2.75, 3.05) is 5.75 Å². The molecule has 0 amide bonds. The third kappa shape index (κ3) is 9.17. The molecule has 3 heteroatoms. The van der Waals surface area contributed by atoms with E-state index in [-0.39, 0.29) is 11.4 Å². The van der Waals surface area contributed by atoms with Gasteiger partial charge in [-0.3, -0.25) is 0 Å². The average Bonchev–Trinajstić information content (AvgIpc) is 2.89. The van der Waals surface area contributed by atoms with E-state index < -0.39 is 0 Å². The van der Waals surface area contributed by atoms with Crippen LogP contribution < -0.4 is 0 Å². The van der Waals surface area contributed by atoms with Crippen molar-refractivity contribution >= 4 is 17.7 Å². The predicted octanol–water partition coefficient (Wildman–Crippen LogP) is 7.42. The minimum Gasteiger partial charge on any atom is -0.443 e. The van der Waals surface area contributed by atoms with Crippen molar-refractivity contribution in [1.29, 1.82) is 0 Å². The van der Waals surface area contributed by atoms with Gasteiger partial charge in [0.1, 0.15) is 0 Å². The summed E-state index contributed by atoms with van der Waals surface area (Å²) in [5.74, 6) is 1.06. The summed E-state index contributed by atoms with van der Waals surface area (Å²) < 4.78 is 5.63. The minimum absolute atomic E-state index is 0.00701. The molecule has 0 aromatic carbocycles. The zero-order valence-corrected chi connectivity index (χ0v) is 17.7. The monoisotopic (exact) mass is 368 g/mol. The molecule has 0 saturated heterocycles. The maximum absolute atomic E-state index is 12.1. The second kappa shape index (κ2) is 14.7. The molecule has 0 fully saturated rings. The number of esters is 1. The fourth-order valence-corrected chi connectivity index (χ4v) is 4.68. The number of ether oxygens (including phenoxy) is 1. The van der Waals surface area contributed by atoms with Gasteiger partial charge in [-0.05, 0) is 30.6 Å². The molecule has 1 rings (SSSR count). The Morgan fingerprint density at radius 1 is 0.760 bits per heavy atom. The van der Waals surface area contributed by atoms with Gasteiger partial charge >= 0.3 is 5.97 Å². The molecule has 2 nitrogen and oxygen atoms in total. The highest BCUT2D eigenvalue weighted by Gasteiger charge is 2.32. The number of hydrogen-bond acceptors (Lipinski definition) is 3. The number of carbonyl (C=O) groups is 1. The molecule has 0 aromatic heterocycles. The summed E-state index contributed by atoms with van der Waals surface area (Å²) >= 11 is 1.84. The molecule has 0 aromatic rings. The SMILES string of the molecule is CCCCCCCCCCCCSC1OC(=O)C(CCC)=C1CCC. The molecule has 1 aliphatic rings. The molecular formula is C22H40O2S. The standard InChI is InChI=1S/C22H40O2S/c1-4-7-8-9-10-11-12-13-14-15-18-25-22-20(17-6-3)19(16-5-2)21(23)24-22/h22H,4-18H2,1-3H3. The lowest BCUT2D eigenvalue weighted by molar-refractivity contribution is -0.137. The maximum Gasteiger partial charge on any atom is 0.335 e. The highest BCUT2D eigenvalue weighted by molar-refractivity contribution is 7.99. The number of cyclic esters (lactones) is 1. The topological polar surface area (TPSA) is 26.3 Å². The van der Waals surface area contributed by atoms with Gasteiger partial charge in [0.05, 0.1) is 0 Å². The Morgan fingerprint density at radius 3 is 1.88 bits per heavy atom. The van der Waals surface area contributed by atoms with Gasteiger partial charge in [-0.1, -0.05) is 91.4 Å². The lowest BCUT2D eigenvalue weighted by Crippen LogP contribution is -2.08. The van der Waals surface area contributed by atoms with E-state index in [9.17, 15) is 4.79 Å². The fraction of sp³-hybridized carbons (Fsp3) is 0.864. The normalized spacial score (nSPS) is 17.4. The summed E-state index contributed by atoms with van der Waals surface area (Å²) in [6.45, 7) is 6.59. The second-order valence-corrected chi connectivity index (χ2v) is 8.46. The summed E-state index contributed by atoms with van der Waals surface area (Å²) in [5, 5.41) is 0. The van der Waals surface area contributed by atoms with E-state index in [2.05, 4.69) is 20.8 Å². The van der Waals surface area contributed by atoms with Crippen molar-refractivity contribution in [1.82, 2.24) is 0 Å². The van der Waals surface area contributed by atoms with E-state index in [1.165, 1.54) is 69.8 Å². The van der Waals surface area contributed by atoms with Crippen LogP contribution in [0.15, 0.2) is 11.1 Å². The Balaban J connectivity index is 2.12. The highest BCUT2D eigenvalue weighted by Crippen LogP contribution is 2.36. The first-order valence-corrected chi connectivity index (χ1v) is 11.8. The van der Waals surface area contributed by atoms with E-state index in [0.717, 1.165) is 37.0 Å². The molecule has 0 bridgehead atoms. The quantitative estimate of drug-likeness (QED) is 0.209. The lowest BCUT2D eigenvalue weighted by atomic mass is 10.0. The van der Waals surface area contributed by atoms with Gasteiger partial charge in [0, 0.05) is 5.57 Å². The Hall–Kier alpha value is -0.440. The minimum atomic E-state index is -0.0501. The zero-order chi connectivity index (χ0) is 18.3.